The Morgan fingerprint density at radius 3 is 2.22 bits per heavy atom. The summed E-state index contributed by atoms with van der Waals surface area (Å²) in [6.07, 6.45) is -0.508. The molecule has 67 heavy (non-hydrogen) atoms. The van der Waals surface area contributed by atoms with Crippen molar-refractivity contribution in [3.63, 3.8) is 0 Å². The molecule has 1 N–H and O–H groups in total. The molecule has 6 aliphatic heterocycles. The normalized spacial score (nSPS) is 22.7. The van der Waals surface area contributed by atoms with E-state index in [9.17, 15) is 34.4 Å². The van der Waals surface area contributed by atoms with Gasteiger partial charge in [0.15, 0.2) is 22.7 Å². The van der Waals surface area contributed by atoms with Gasteiger partial charge in [-0.25, -0.2) is 19.6 Å². The fourth-order valence-corrected chi connectivity index (χ4v) is 10.8. The molecular weight excluding hydrogens is 867 g/mol. The molecule has 1 unspecified atom stereocenters. The van der Waals surface area contributed by atoms with Crippen LogP contribution in [0.25, 0.3) is 44.6 Å². The van der Waals surface area contributed by atoms with Crippen LogP contribution in [0.2, 0.25) is 0 Å². The molecular formula is C48H43N7O12. The lowest BCUT2D eigenvalue weighted by Crippen LogP contribution is -2.57. The van der Waals surface area contributed by atoms with Gasteiger partial charge in [0.2, 0.25) is 0 Å². The average Bonchev–Trinajstić information content (AvgIpc) is 3.88. The van der Waals surface area contributed by atoms with Gasteiger partial charge >= 0.3 is 11.9 Å². The first-order valence-corrected chi connectivity index (χ1v) is 22.4. The number of hydrogen-bond donors (Lipinski definition) is 1. The zero-order chi connectivity index (χ0) is 46.3. The van der Waals surface area contributed by atoms with E-state index in [0.717, 1.165) is 16.5 Å². The molecule has 2 aromatic carbocycles. The van der Waals surface area contributed by atoms with Crippen molar-refractivity contribution in [2.75, 3.05) is 39.9 Å². The van der Waals surface area contributed by atoms with Gasteiger partial charge in [0.05, 0.1) is 68.3 Å². The second-order valence-corrected chi connectivity index (χ2v) is 18.0. The summed E-state index contributed by atoms with van der Waals surface area (Å²) in [5, 5.41) is 24.6. The van der Waals surface area contributed by atoms with Gasteiger partial charge in [0.25, 0.3) is 16.8 Å². The third-order valence-electron chi connectivity index (χ3n) is 14.6. The Hall–Kier alpha value is -7.06. The van der Waals surface area contributed by atoms with Crippen LogP contribution in [0.3, 0.4) is 0 Å². The first-order valence-electron chi connectivity index (χ1n) is 22.4. The summed E-state index contributed by atoms with van der Waals surface area (Å²) in [5.41, 5.74) is 2.04. The Labute approximate surface area is 380 Å². The summed E-state index contributed by atoms with van der Waals surface area (Å²) in [6.45, 7) is 5.93. The lowest BCUT2D eigenvalue weighted by Gasteiger charge is -2.45. The minimum Gasteiger partial charge on any atom is -0.486 e. The second-order valence-electron chi connectivity index (χ2n) is 18.0. The van der Waals surface area contributed by atoms with Crippen molar-refractivity contribution >= 4 is 39.4 Å². The number of hydrogen-bond acceptors (Lipinski definition) is 16. The standard InChI is InChI=1S/C48H43N7O12/c1-4-47(60)31-15-37-42-28(20-54(37)43(56)29(31)22-65-45(47)58)27(25-14-38-39(17-34(25)50-42)64-12-11-63-38)19-52-10-9-51(3)40(21-52)67-48(5-2)32-16-36-41-24(18-53(36)44(57)30(32)23-66-46(48)59)13-26-33(49-41)7-6-8-35(26)55(61)62/h6-8,13-17,40,60H,4-5,9-12,18-23H2,1-3H3/t40?,47-,48-/m0/s1. The molecule has 0 spiro atoms. The summed E-state index contributed by atoms with van der Waals surface area (Å²) in [7, 11) is 1.92. The zero-order valence-corrected chi connectivity index (χ0v) is 36.7. The largest absolute Gasteiger partial charge is 0.486 e. The van der Waals surface area contributed by atoms with E-state index >= 15 is 0 Å². The predicted molar refractivity (Wildman–Crippen MR) is 237 cm³/mol. The van der Waals surface area contributed by atoms with Crippen molar-refractivity contribution in [2.45, 2.75) is 77.0 Å². The van der Waals surface area contributed by atoms with Crippen LogP contribution < -0.4 is 20.6 Å². The first kappa shape index (κ1) is 41.4. The number of cyclic esters (lactones) is 2. The van der Waals surface area contributed by atoms with Crippen LogP contribution in [0, 0.1) is 10.1 Å². The highest BCUT2D eigenvalue weighted by atomic mass is 16.6. The fourth-order valence-electron chi connectivity index (χ4n) is 10.8. The maximum absolute atomic E-state index is 14.4. The number of carbonyl (C=O) groups is 2. The Morgan fingerprint density at radius 1 is 0.791 bits per heavy atom. The van der Waals surface area contributed by atoms with Crippen LogP contribution >= 0.6 is 0 Å². The van der Waals surface area contributed by atoms with E-state index in [-0.39, 0.29) is 67.1 Å². The van der Waals surface area contributed by atoms with Gasteiger partial charge in [-0.1, -0.05) is 19.9 Å². The monoisotopic (exact) mass is 909 g/mol. The molecule has 0 radical (unpaired) electrons. The number of nitro groups is 1. The Kier molecular flexibility index (Phi) is 9.09. The molecule has 6 aliphatic rings. The molecule has 19 heteroatoms. The summed E-state index contributed by atoms with van der Waals surface area (Å²) in [4.78, 5) is 81.4. The molecule has 3 atom stereocenters. The smallest absolute Gasteiger partial charge is 0.343 e. The molecule has 0 saturated carbocycles. The van der Waals surface area contributed by atoms with Gasteiger partial charge in [0, 0.05) is 66.0 Å². The summed E-state index contributed by atoms with van der Waals surface area (Å²) in [6, 6.07) is 13.6. The number of benzene rings is 2. The quantitative estimate of drug-likeness (QED) is 0.136. The molecule has 19 nitrogen and oxygen atoms in total. The van der Waals surface area contributed by atoms with Crippen molar-refractivity contribution in [2.24, 2.45) is 0 Å². The van der Waals surface area contributed by atoms with Gasteiger partial charge < -0.3 is 37.9 Å². The molecule has 0 amide bonds. The second kappa shape index (κ2) is 14.7. The predicted octanol–water partition coefficient (Wildman–Crippen LogP) is 3.95. The lowest BCUT2D eigenvalue weighted by atomic mass is 9.85. The molecule has 10 heterocycles. The van der Waals surface area contributed by atoms with Crippen LogP contribution in [0.15, 0.2) is 58.1 Å². The van der Waals surface area contributed by atoms with E-state index in [2.05, 4.69) is 4.90 Å². The highest BCUT2D eigenvalue weighted by molar-refractivity contribution is 5.93. The van der Waals surface area contributed by atoms with Crippen LogP contribution in [-0.4, -0.2) is 97.0 Å². The molecule has 1 fully saturated rings. The number of piperazine rings is 1. The topological polar surface area (TPSA) is 220 Å². The van der Waals surface area contributed by atoms with Crippen LogP contribution in [0.5, 0.6) is 11.5 Å². The van der Waals surface area contributed by atoms with Gasteiger partial charge in [-0.15, -0.1) is 0 Å². The molecule has 12 rings (SSSR count). The molecule has 0 bridgehead atoms. The zero-order valence-electron chi connectivity index (χ0n) is 36.7. The van der Waals surface area contributed by atoms with Crippen molar-refractivity contribution in [1.82, 2.24) is 28.9 Å². The maximum Gasteiger partial charge on any atom is 0.343 e. The number of nitro benzene ring substituents is 1. The molecule has 0 aliphatic carbocycles. The van der Waals surface area contributed by atoms with Gasteiger partial charge in [0.1, 0.15) is 32.7 Å². The Balaban J connectivity index is 0.923. The van der Waals surface area contributed by atoms with Crippen LogP contribution in [0.4, 0.5) is 5.69 Å². The lowest BCUT2D eigenvalue weighted by molar-refractivity contribution is -0.383. The summed E-state index contributed by atoms with van der Waals surface area (Å²) in [5.74, 6) is -0.302. The van der Waals surface area contributed by atoms with Gasteiger partial charge in [-0.3, -0.25) is 29.5 Å². The molecule has 342 valence electrons. The van der Waals surface area contributed by atoms with Crippen molar-refractivity contribution < 1.29 is 43.3 Å². The fraction of sp³-hybridized carbons (Fsp3) is 0.375. The minimum absolute atomic E-state index is 0.0139. The van der Waals surface area contributed by atoms with E-state index in [1.165, 1.54) is 6.07 Å². The Morgan fingerprint density at radius 2 is 1.48 bits per heavy atom. The van der Waals surface area contributed by atoms with E-state index in [1.54, 1.807) is 46.4 Å². The van der Waals surface area contributed by atoms with E-state index in [1.807, 2.05) is 31.0 Å². The SMILES string of the molecule is CC[C@@]1(O)C(=O)OCc2c1cc1n(c2=O)Cc2c-1nc1cc3c(cc1c2CN1CCN(C)C(O[C@]2(CC)C(=O)OCc4c2cc2n(c4=O)Cc4cc5c([N+](=O)[O-])cccc5nc4-2)C1)OCCO3. The molecule has 6 aromatic rings. The van der Waals surface area contributed by atoms with E-state index < -0.39 is 34.3 Å². The third kappa shape index (κ3) is 5.90. The van der Waals surface area contributed by atoms with E-state index in [0.29, 0.717) is 107 Å². The van der Waals surface area contributed by atoms with Gasteiger partial charge in [-0.05, 0) is 55.8 Å². The maximum atomic E-state index is 14.4. The number of aliphatic hydroxyl groups is 1. The van der Waals surface area contributed by atoms with Crippen LogP contribution in [-0.2, 0) is 67.8 Å². The molecule has 4 aromatic heterocycles. The van der Waals surface area contributed by atoms with Crippen molar-refractivity contribution in [3.8, 4) is 34.3 Å². The number of esters is 2. The Bertz CT molecular complexity index is 3370. The number of nitrogens with zero attached hydrogens (tertiary/aromatic N) is 7. The first-order chi connectivity index (χ1) is 32.3. The minimum atomic E-state index is -1.99. The number of rotatable bonds is 7. The van der Waals surface area contributed by atoms with Crippen molar-refractivity contribution in [1.29, 1.82) is 0 Å². The number of non-ortho nitro benzene ring substituents is 1. The number of carbonyl (C=O) groups excluding carboxylic acids is 2. The molecule has 1 saturated heterocycles. The van der Waals surface area contributed by atoms with E-state index in [4.69, 9.17) is 33.7 Å². The van der Waals surface area contributed by atoms with Crippen LogP contribution in [0.1, 0.15) is 65.6 Å². The average molecular weight is 910 g/mol. The number of pyridine rings is 4. The third-order valence-corrected chi connectivity index (χ3v) is 14.6. The summed E-state index contributed by atoms with van der Waals surface area (Å²) < 4.78 is 33.3. The highest BCUT2D eigenvalue weighted by Crippen LogP contribution is 2.45. The number of aromatic nitrogens is 4. The number of fused-ring (bicyclic) bond motifs is 11. The number of ether oxygens (including phenoxy) is 5. The summed E-state index contributed by atoms with van der Waals surface area (Å²) >= 11 is 0. The highest BCUT2D eigenvalue weighted by Gasteiger charge is 2.51. The van der Waals surface area contributed by atoms with Gasteiger partial charge in [-0.2, -0.15) is 0 Å². The number of likely N-dealkylation sites (N-methyl/N-ethyl adjacent to an activating group) is 1. The van der Waals surface area contributed by atoms with Crippen molar-refractivity contribution in [3.05, 3.63) is 118 Å².